The Morgan fingerprint density at radius 1 is 1.31 bits per heavy atom. The van der Waals surface area contributed by atoms with Gasteiger partial charge >= 0.3 is 0 Å². The summed E-state index contributed by atoms with van der Waals surface area (Å²) < 4.78 is 5.01. The molecule has 1 aromatic carbocycles. The Morgan fingerprint density at radius 3 is 2.54 bits per heavy atom. The van der Waals surface area contributed by atoms with Crippen LogP contribution in [0.15, 0.2) is 36.5 Å². The van der Waals surface area contributed by atoms with Crippen molar-refractivity contribution in [2.24, 2.45) is 0 Å². The Kier molecular flexibility index (Phi) is 4.06. The molecule has 1 N–H and O–H groups in total. The van der Waals surface area contributed by atoms with Crippen LogP contribution in [-0.2, 0) is 11.3 Å². The minimum Gasteiger partial charge on any atom is -0.380 e. The van der Waals surface area contributed by atoms with Gasteiger partial charge in [-0.15, -0.1) is 0 Å². The maximum absolute atomic E-state index is 5.01. The summed E-state index contributed by atoms with van der Waals surface area (Å²) in [6, 6.07) is 8.17. The topological polar surface area (TPSA) is 21.3 Å². The van der Waals surface area contributed by atoms with Gasteiger partial charge in [-0.2, -0.15) is 0 Å². The van der Waals surface area contributed by atoms with Gasteiger partial charge in [0.25, 0.3) is 0 Å². The van der Waals surface area contributed by atoms with Crippen LogP contribution in [0.25, 0.3) is 0 Å². The first-order valence-corrected chi connectivity index (χ1v) is 4.32. The molecule has 0 bridgehead atoms. The van der Waals surface area contributed by atoms with Gasteiger partial charge in [0.1, 0.15) is 0 Å². The van der Waals surface area contributed by atoms with Crippen molar-refractivity contribution in [1.29, 1.82) is 0 Å². The van der Waals surface area contributed by atoms with Gasteiger partial charge < -0.3 is 10.1 Å². The number of ether oxygens (including phenoxy) is 1. The largest absolute Gasteiger partial charge is 0.380 e. The van der Waals surface area contributed by atoms with Crippen molar-refractivity contribution < 1.29 is 4.74 Å². The highest BCUT2D eigenvalue weighted by molar-refractivity contribution is 5.46. The molecule has 0 radical (unpaired) electrons. The molecule has 0 aliphatic heterocycles. The molecule has 1 aromatic rings. The predicted molar refractivity (Wildman–Crippen MR) is 55.6 cm³/mol. The average Bonchev–Trinajstić information content (AvgIpc) is 2.17. The fourth-order valence-electron chi connectivity index (χ4n) is 1.04. The SMILES string of the molecule is CC=CNc1ccc(COC)cc1. The van der Waals surface area contributed by atoms with Crippen LogP contribution in [0.2, 0.25) is 0 Å². The summed E-state index contributed by atoms with van der Waals surface area (Å²) in [5, 5.41) is 3.14. The molecule has 0 fully saturated rings. The lowest BCUT2D eigenvalue weighted by molar-refractivity contribution is 0.185. The Hall–Kier alpha value is -1.28. The van der Waals surface area contributed by atoms with E-state index in [0.717, 1.165) is 5.69 Å². The minimum atomic E-state index is 0.671. The zero-order chi connectivity index (χ0) is 9.52. The van der Waals surface area contributed by atoms with Crippen LogP contribution in [0.5, 0.6) is 0 Å². The van der Waals surface area contributed by atoms with Crippen molar-refractivity contribution in [3.8, 4) is 0 Å². The summed E-state index contributed by atoms with van der Waals surface area (Å²) in [5.41, 5.74) is 2.28. The highest BCUT2D eigenvalue weighted by atomic mass is 16.5. The van der Waals surface area contributed by atoms with Crippen molar-refractivity contribution in [3.63, 3.8) is 0 Å². The first kappa shape index (κ1) is 9.81. The maximum Gasteiger partial charge on any atom is 0.0713 e. The number of benzene rings is 1. The highest BCUT2D eigenvalue weighted by Gasteiger charge is 1.91. The molecule has 0 aliphatic rings. The zero-order valence-corrected chi connectivity index (χ0v) is 8.08. The maximum atomic E-state index is 5.01. The molecule has 0 aromatic heterocycles. The van der Waals surface area contributed by atoms with E-state index in [9.17, 15) is 0 Å². The van der Waals surface area contributed by atoms with Crippen LogP contribution >= 0.6 is 0 Å². The summed E-state index contributed by atoms with van der Waals surface area (Å²) in [5.74, 6) is 0. The summed E-state index contributed by atoms with van der Waals surface area (Å²) in [6.45, 7) is 2.65. The fourth-order valence-corrected chi connectivity index (χ4v) is 1.04. The highest BCUT2D eigenvalue weighted by Crippen LogP contribution is 2.09. The lowest BCUT2D eigenvalue weighted by atomic mass is 10.2. The fraction of sp³-hybridized carbons (Fsp3) is 0.273. The van der Waals surface area contributed by atoms with Gasteiger partial charge in [0.05, 0.1) is 6.61 Å². The summed E-state index contributed by atoms with van der Waals surface area (Å²) >= 11 is 0. The van der Waals surface area contributed by atoms with Crippen molar-refractivity contribution >= 4 is 5.69 Å². The van der Waals surface area contributed by atoms with Crippen LogP contribution in [0, 0.1) is 0 Å². The van der Waals surface area contributed by atoms with E-state index in [2.05, 4.69) is 17.4 Å². The smallest absolute Gasteiger partial charge is 0.0713 e. The molecule has 2 heteroatoms. The Balaban J connectivity index is 2.58. The van der Waals surface area contributed by atoms with Gasteiger partial charge in [0.15, 0.2) is 0 Å². The summed E-state index contributed by atoms with van der Waals surface area (Å²) in [6.07, 6.45) is 3.87. The molecule has 1 rings (SSSR count). The predicted octanol–water partition coefficient (Wildman–Crippen LogP) is 2.78. The molecule has 0 aliphatic carbocycles. The van der Waals surface area contributed by atoms with E-state index in [1.165, 1.54) is 5.56 Å². The molecular formula is C11H15NO. The van der Waals surface area contributed by atoms with E-state index in [1.54, 1.807) is 7.11 Å². The average molecular weight is 177 g/mol. The molecule has 0 saturated heterocycles. The third-order valence-corrected chi connectivity index (χ3v) is 1.68. The van der Waals surface area contributed by atoms with Crippen molar-refractivity contribution in [2.75, 3.05) is 12.4 Å². The van der Waals surface area contributed by atoms with Crippen LogP contribution in [0.1, 0.15) is 12.5 Å². The molecule has 0 unspecified atom stereocenters. The van der Waals surface area contributed by atoms with E-state index in [1.807, 2.05) is 31.3 Å². The van der Waals surface area contributed by atoms with Crippen LogP contribution < -0.4 is 5.32 Å². The van der Waals surface area contributed by atoms with Crippen molar-refractivity contribution in [1.82, 2.24) is 0 Å². The van der Waals surface area contributed by atoms with E-state index in [4.69, 9.17) is 4.74 Å². The normalized spacial score (nSPS) is 10.6. The van der Waals surface area contributed by atoms with Gasteiger partial charge in [0.2, 0.25) is 0 Å². The summed E-state index contributed by atoms with van der Waals surface area (Å²) in [4.78, 5) is 0. The summed E-state index contributed by atoms with van der Waals surface area (Å²) in [7, 11) is 1.70. The van der Waals surface area contributed by atoms with Gasteiger partial charge in [-0.25, -0.2) is 0 Å². The number of allylic oxidation sites excluding steroid dienone is 1. The second-order valence-corrected chi connectivity index (χ2v) is 2.77. The molecule has 0 saturated carbocycles. The second-order valence-electron chi connectivity index (χ2n) is 2.77. The monoisotopic (exact) mass is 177 g/mol. The molecule has 0 heterocycles. The third-order valence-electron chi connectivity index (χ3n) is 1.68. The lowest BCUT2D eigenvalue weighted by Crippen LogP contribution is -1.89. The van der Waals surface area contributed by atoms with Crippen LogP contribution in [0.4, 0.5) is 5.69 Å². The molecule has 0 spiro atoms. The molecular weight excluding hydrogens is 162 g/mol. The van der Waals surface area contributed by atoms with Crippen LogP contribution in [0.3, 0.4) is 0 Å². The zero-order valence-electron chi connectivity index (χ0n) is 8.08. The Morgan fingerprint density at radius 2 is 2.00 bits per heavy atom. The van der Waals surface area contributed by atoms with Gasteiger partial charge in [0, 0.05) is 12.8 Å². The second kappa shape index (κ2) is 5.38. The molecule has 0 amide bonds. The quantitative estimate of drug-likeness (QED) is 0.763. The number of rotatable bonds is 4. The van der Waals surface area contributed by atoms with Gasteiger partial charge in [-0.05, 0) is 30.8 Å². The van der Waals surface area contributed by atoms with E-state index >= 15 is 0 Å². The first-order chi connectivity index (χ1) is 6.36. The number of hydrogen-bond donors (Lipinski definition) is 1. The van der Waals surface area contributed by atoms with E-state index in [-0.39, 0.29) is 0 Å². The minimum absolute atomic E-state index is 0.671. The molecule has 0 atom stereocenters. The van der Waals surface area contributed by atoms with Crippen molar-refractivity contribution in [3.05, 3.63) is 42.1 Å². The number of anilines is 1. The van der Waals surface area contributed by atoms with E-state index in [0.29, 0.717) is 6.61 Å². The third kappa shape index (κ3) is 3.30. The number of hydrogen-bond acceptors (Lipinski definition) is 2. The Bertz CT molecular complexity index is 264. The Labute approximate surface area is 79.2 Å². The molecule has 70 valence electrons. The number of nitrogens with one attached hydrogen (secondary N) is 1. The first-order valence-electron chi connectivity index (χ1n) is 4.32. The van der Waals surface area contributed by atoms with E-state index < -0.39 is 0 Å². The van der Waals surface area contributed by atoms with Gasteiger partial charge in [-0.1, -0.05) is 18.2 Å². The van der Waals surface area contributed by atoms with Crippen molar-refractivity contribution in [2.45, 2.75) is 13.5 Å². The molecule has 2 nitrogen and oxygen atoms in total. The number of methoxy groups -OCH3 is 1. The van der Waals surface area contributed by atoms with Gasteiger partial charge in [-0.3, -0.25) is 0 Å². The van der Waals surface area contributed by atoms with Crippen LogP contribution in [-0.4, -0.2) is 7.11 Å². The molecule has 13 heavy (non-hydrogen) atoms. The lowest BCUT2D eigenvalue weighted by Gasteiger charge is -2.02. The standard InChI is InChI=1S/C11H15NO/c1-3-8-12-11-6-4-10(5-7-11)9-13-2/h3-8,12H,9H2,1-2H3.